The number of carboxylic acids is 1. The number of carbonyl (C=O) groups excluding carboxylic acids is 1. The number of carboxylic acid groups (broad SMARTS) is 1. The van der Waals surface area contributed by atoms with E-state index in [1.165, 1.54) is 6.20 Å². The summed E-state index contributed by atoms with van der Waals surface area (Å²) in [5, 5.41) is 18.9. The van der Waals surface area contributed by atoms with E-state index < -0.39 is 11.7 Å². The minimum absolute atomic E-state index is 0.0164. The molecule has 6 nitrogen and oxygen atoms in total. The topological polar surface area (TPSA) is 82.8 Å². The first-order valence-electron chi connectivity index (χ1n) is 5.98. The minimum atomic E-state index is -1.22. The fourth-order valence-electron chi connectivity index (χ4n) is 2.52. The lowest BCUT2D eigenvalue weighted by Gasteiger charge is -2.32. The molecule has 1 aromatic heterocycles. The Morgan fingerprint density at radius 2 is 2.11 bits per heavy atom. The normalized spacial score (nSPS) is 23.1. The summed E-state index contributed by atoms with van der Waals surface area (Å²) in [5.41, 5.74) is -0.0964. The lowest BCUT2D eigenvalue weighted by atomic mass is 10.2. The highest BCUT2D eigenvalue weighted by atomic mass is 16.4. The zero-order valence-corrected chi connectivity index (χ0v) is 9.96. The van der Waals surface area contributed by atoms with E-state index in [0.29, 0.717) is 6.54 Å². The number of aromatic carboxylic acids is 1. The van der Waals surface area contributed by atoms with E-state index in [1.807, 2.05) is 6.92 Å². The van der Waals surface area contributed by atoms with Gasteiger partial charge in [-0.1, -0.05) is 0 Å². The zero-order valence-electron chi connectivity index (χ0n) is 9.96. The van der Waals surface area contributed by atoms with Crippen molar-refractivity contribution >= 4 is 11.9 Å². The Labute approximate surface area is 103 Å². The third-order valence-electron chi connectivity index (χ3n) is 3.62. The molecular formula is C12H14N2O4. The largest absolute Gasteiger partial charge is 0.505 e. The summed E-state index contributed by atoms with van der Waals surface area (Å²) in [6, 6.07) is 0.244. The fourth-order valence-corrected chi connectivity index (χ4v) is 2.52. The van der Waals surface area contributed by atoms with Gasteiger partial charge < -0.3 is 19.7 Å². The predicted octanol–water partition coefficient (Wildman–Crippen LogP) is 1.07. The van der Waals surface area contributed by atoms with Gasteiger partial charge in [-0.3, -0.25) is 4.79 Å². The van der Waals surface area contributed by atoms with Gasteiger partial charge in [-0.05, 0) is 19.8 Å². The van der Waals surface area contributed by atoms with Gasteiger partial charge in [0.15, 0.2) is 11.4 Å². The van der Waals surface area contributed by atoms with Crippen molar-refractivity contribution in [2.24, 2.45) is 0 Å². The molecule has 1 unspecified atom stereocenters. The van der Waals surface area contributed by atoms with Crippen LogP contribution in [0.15, 0.2) is 6.20 Å². The monoisotopic (exact) mass is 250 g/mol. The summed E-state index contributed by atoms with van der Waals surface area (Å²) in [6.07, 6.45) is 3.33. The summed E-state index contributed by atoms with van der Waals surface area (Å²) in [6.45, 7) is 2.49. The van der Waals surface area contributed by atoms with Crippen LogP contribution in [0.1, 0.15) is 46.7 Å². The molecule has 3 rings (SSSR count). The van der Waals surface area contributed by atoms with E-state index >= 15 is 0 Å². The molecule has 96 valence electrons. The summed E-state index contributed by atoms with van der Waals surface area (Å²) in [5.74, 6) is -1.89. The van der Waals surface area contributed by atoms with E-state index in [1.54, 1.807) is 9.47 Å². The molecule has 6 heteroatoms. The van der Waals surface area contributed by atoms with Gasteiger partial charge in [-0.2, -0.15) is 0 Å². The van der Waals surface area contributed by atoms with E-state index in [9.17, 15) is 14.7 Å². The van der Waals surface area contributed by atoms with Crippen LogP contribution in [0.2, 0.25) is 0 Å². The highest BCUT2D eigenvalue weighted by Gasteiger charge is 2.41. The molecule has 1 amide bonds. The number of aromatic nitrogens is 1. The van der Waals surface area contributed by atoms with Crippen LogP contribution in [-0.2, 0) is 0 Å². The zero-order chi connectivity index (χ0) is 13.0. The van der Waals surface area contributed by atoms with Crippen molar-refractivity contribution in [3.05, 3.63) is 17.5 Å². The molecule has 2 aliphatic rings. The number of carbonyl (C=O) groups is 2. The molecule has 0 spiro atoms. The van der Waals surface area contributed by atoms with E-state index in [0.717, 1.165) is 12.8 Å². The van der Waals surface area contributed by atoms with Crippen molar-refractivity contribution in [1.82, 2.24) is 9.47 Å². The fraction of sp³-hybridized carbons (Fsp3) is 0.500. The average Bonchev–Trinajstić information content (AvgIpc) is 3.07. The Bertz CT molecular complexity index is 545. The molecular weight excluding hydrogens is 236 g/mol. The second-order valence-electron chi connectivity index (χ2n) is 4.99. The molecule has 2 N–H and O–H groups in total. The van der Waals surface area contributed by atoms with Crippen LogP contribution in [0.25, 0.3) is 0 Å². The lowest BCUT2D eigenvalue weighted by Crippen LogP contribution is -2.43. The first-order valence-corrected chi connectivity index (χ1v) is 5.98. The predicted molar refractivity (Wildman–Crippen MR) is 61.8 cm³/mol. The molecule has 1 aliphatic heterocycles. The number of fused-ring (bicyclic) bond motifs is 1. The Morgan fingerprint density at radius 1 is 1.44 bits per heavy atom. The first kappa shape index (κ1) is 11.1. The standard InChI is InChI=1S/C12H14N2O4/c1-6-4-14(7-2-3-7)11(16)9-10(15)8(12(17)18)5-13(6)9/h5-7,15H,2-4H2,1H3,(H,17,18). The van der Waals surface area contributed by atoms with Crippen LogP contribution in [0.3, 0.4) is 0 Å². The summed E-state index contributed by atoms with van der Waals surface area (Å²) < 4.78 is 1.57. The molecule has 0 aromatic carbocycles. The summed E-state index contributed by atoms with van der Waals surface area (Å²) >= 11 is 0. The molecule has 1 fully saturated rings. The van der Waals surface area contributed by atoms with Crippen LogP contribution in [0.5, 0.6) is 5.75 Å². The van der Waals surface area contributed by atoms with E-state index in [4.69, 9.17) is 5.11 Å². The molecule has 2 heterocycles. The van der Waals surface area contributed by atoms with Gasteiger partial charge >= 0.3 is 5.97 Å². The molecule has 1 aliphatic carbocycles. The second kappa shape index (κ2) is 3.51. The van der Waals surface area contributed by atoms with Crippen molar-refractivity contribution in [2.45, 2.75) is 31.8 Å². The number of nitrogens with zero attached hydrogens (tertiary/aromatic N) is 2. The van der Waals surface area contributed by atoms with Crippen molar-refractivity contribution in [3.8, 4) is 5.75 Å². The number of hydrogen-bond acceptors (Lipinski definition) is 3. The maximum atomic E-state index is 12.3. The maximum Gasteiger partial charge on any atom is 0.341 e. The van der Waals surface area contributed by atoms with Crippen molar-refractivity contribution in [2.75, 3.05) is 6.54 Å². The summed E-state index contributed by atoms with van der Waals surface area (Å²) in [4.78, 5) is 25.0. The quantitative estimate of drug-likeness (QED) is 0.822. The number of hydrogen-bond donors (Lipinski definition) is 2. The van der Waals surface area contributed by atoms with Crippen molar-refractivity contribution in [1.29, 1.82) is 0 Å². The number of aromatic hydroxyl groups is 1. The highest BCUT2D eigenvalue weighted by molar-refractivity contribution is 6.02. The Hall–Kier alpha value is -1.98. The summed E-state index contributed by atoms with van der Waals surface area (Å²) in [7, 11) is 0. The highest BCUT2D eigenvalue weighted by Crippen LogP contribution is 2.37. The van der Waals surface area contributed by atoms with Crippen LogP contribution in [0.4, 0.5) is 0 Å². The molecule has 1 atom stereocenters. The molecule has 0 radical (unpaired) electrons. The minimum Gasteiger partial charge on any atom is -0.505 e. The third kappa shape index (κ3) is 1.41. The van der Waals surface area contributed by atoms with Gasteiger partial charge in [0.2, 0.25) is 0 Å². The Kier molecular flexibility index (Phi) is 2.17. The first-order chi connectivity index (χ1) is 8.50. The van der Waals surface area contributed by atoms with Gasteiger partial charge in [-0.25, -0.2) is 4.79 Å². The van der Waals surface area contributed by atoms with Crippen LogP contribution in [-0.4, -0.2) is 44.1 Å². The number of rotatable bonds is 2. The lowest BCUT2D eigenvalue weighted by molar-refractivity contribution is 0.0656. The van der Waals surface area contributed by atoms with E-state index in [2.05, 4.69) is 0 Å². The molecule has 1 saturated carbocycles. The smallest absolute Gasteiger partial charge is 0.341 e. The van der Waals surface area contributed by atoms with E-state index in [-0.39, 0.29) is 29.2 Å². The Morgan fingerprint density at radius 3 is 2.67 bits per heavy atom. The van der Waals surface area contributed by atoms with Gasteiger partial charge in [-0.15, -0.1) is 0 Å². The van der Waals surface area contributed by atoms with Crippen molar-refractivity contribution < 1.29 is 19.8 Å². The number of amides is 1. The van der Waals surface area contributed by atoms with Gasteiger partial charge in [0, 0.05) is 24.8 Å². The SMILES string of the molecule is CC1CN(C2CC2)C(=O)c2c(O)c(C(=O)O)cn21. The third-order valence-corrected chi connectivity index (χ3v) is 3.62. The second-order valence-corrected chi connectivity index (χ2v) is 4.99. The van der Waals surface area contributed by atoms with Gasteiger partial charge in [0.05, 0.1) is 0 Å². The molecule has 0 saturated heterocycles. The maximum absolute atomic E-state index is 12.3. The van der Waals surface area contributed by atoms with Gasteiger partial charge in [0.1, 0.15) is 5.56 Å². The molecule has 0 bridgehead atoms. The molecule has 18 heavy (non-hydrogen) atoms. The van der Waals surface area contributed by atoms with Crippen molar-refractivity contribution in [3.63, 3.8) is 0 Å². The van der Waals surface area contributed by atoms with Crippen LogP contribution >= 0.6 is 0 Å². The van der Waals surface area contributed by atoms with Gasteiger partial charge in [0.25, 0.3) is 5.91 Å². The Balaban J connectivity index is 2.10. The van der Waals surface area contributed by atoms with Crippen LogP contribution in [0, 0.1) is 0 Å². The average molecular weight is 250 g/mol. The molecule has 1 aromatic rings. The van der Waals surface area contributed by atoms with Crippen LogP contribution < -0.4 is 0 Å².